The summed E-state index contributed by atoms with van der Waals surface area (Å²) in [5.41, 5.74) is 2.10. The molecule has 4 heteroatoms. The Bertz CT molecular complexity index is 572. The Kier molecular flexibility index (Phi) is 3.92. The zero-order valence-corrected chi connectivity index (χ0v) is 12.4. The van der Waals surface area contributed by atoms with E-state index in [1.807, 2.05) is 25.1 Å². The van der Waals surface area contributed by atoms with E-state index in [9.17, 15) is 0 Å². The molecule has 0 spiro atoms. The number of nitrogens with one attached hydrogen (secondary N) is 1. The molecular weight excluding hydrogens is 250 g/mol. The van der Waals surface area contributed by atoms with Crippen molar-refractivity contribution in [3.63, 3.8) is 0 Å². The summed E-state index contributed by atoms with van der Waals surface area (Å²) in [5, 5.41) is 0. The lowest BCUT2D eigenvalue weighted by atomic mass is 10.2. The first-order valence-electron chi connectivity index (χ1n) is 7.68. The first-order valence-corrected chi connectivity index (χ1v) is 7.68. The first-order chi connectivity index (χ1) is 9.81. The molecule has 1 N–H and O–H groups in total. The minimum absolute atomic E-state index is 0.417. The average molecular weight is 273 g/mol. The number of likely N-dealkylation sites (tertiary alicyclic amines) is 1. The van der Waals surface area contributed by atoms with Crippen LogP contribution >= 0.6 is 0 Å². The van der Waals surface area contributed by atoms with Crippen LogP contribution in [0.5, 0.6) is 5.75 Å². The van der Waals surface area contributed by atoms with E-state index in [0.29, 0.717) is 12.6 Å². The van der Waals surface area contributed by atoms with Crippen molar-refractivity contribution >= 4 is 11.0 Å². The molecule has 1 saturated heterocycles. The van der Waals surface area contributed by atoms with Crippen molar-refractivity contribution in [1.82, 2.24) is 14.9 Å². The Labute approximate surface area is 120 Å². The largest absolute Gasteiger partial charge is 0.494 e. The van der Waals surface area contributed by atoms with Gasteiger partial charge in [-0.05, 0) is 51.4 Å². The van der Waals surface area contributed by atoms with Crippen molar-refractivity contribution in [3.05, 3.63) is 24.0 Å². The number of nitrogens with zero attached hydrogens (tertiary/aromatic N) is 2. The molecule has 1 unspecified atom stereocenters. The number of hydrogen-bond donors (Lipinski definition) is 1. The highest BCUT2D eigenvalue weighted by Gasteiger charge is 2.24. The number of ether oxygens (including phenoxy) is 1. The Morgan fingerprint density at radius 1 is 1.30 bits per heavy atom. The molecular formula is C16H23N3O. The van der Waals surface area contributed by atoms with Gasteiger partial charge in [0.15, 0.2) is 0 Å². The molecule has 0 radical (unpaired) electrons. The lowest BCUT2D eigenvalue weighted by Crippen LogP contribution is -2.25. The monoisotopic (exact) mass is 273 g/mol. The third-order valence-electron chi connectivity index (χ3n) is 4.07. The third kappa shape index (κ3) is 2.52. The molecule has 3 rings (SSSR count). The summed E-state index contributed by atoms with van der Waals surface area (Å²) < 4.78 is 5.55. The number of rotatable bonds is 5. The summed E-state index contributed by atoms with van der Waals surface area (Å²) in [6, 6.07) is 6.50. The quantitative estimate of drug-likeness (QED) is 0.906. The lowest BCUT2D eigenvalue weighted by Gasteiger charge is -2.24. The Hall–Kier alpha value is -1.55. The van der Waals surface area contributed by atoms with E-state index in [1.54, 1.807) is 0 Å². The number of imidazole rings is 1. The number of hydrogen-bond acceptors (Lipinski definition) is 3. The van der Waals surface area contributed by atoms with Gasteiger partial charge >= 0.3 is 0 Å². The summed E-state index contributed by atoms with van der Waals surface area (Å²) in [6.07, 6.45) is 3.72. The van der Waals surface area contributed by atoms with Gasteiger partial charge in [0.25, 0.3) is 0 Å². The highest BCUT2D eigenvalue weighted by molar-refractivity contribution is 5.76. The fourth-order valence-electron chi connectivity index (χ4n) is 3.10. The maximum absolute atomic E-state index is 5.55. The molecule has 0 amide bonds. The van der Waals surface area contributed by atoms with Gasteiger partial charge in [0.2, 0.25) is 0 Å². The number of benzene rings is 1. The molecule has 4 nitrogen and oxygen atoms in total. The molecule has 1 atom stereocenters. The second-order valence-electron chi connectivity index (χ2n) is 5.40. The molecule has 1 aromatic heterocycles. The predicted molar refractivity (Wildman–Crippen MR) is 81.1 cm³/mol. The molecule has 2 aromatic rings. The predicted octanol–water partition coefficient (Wildman–Crippen LogP) is 3.51. The van der Waals surface area contributed by atoms with E-state index in [-0.39, 0.29) is 0 Å². The summed E-state index contributed by atoms with van der Waals surface area (Å²) in [5.74, 6) is 2.00. The van der Waals surface area contributed by atoms with Crippen molar-refractivity contribution in [1.29, 1.82) is 0 Å². The number of H-pyrrole nitrogens is 1. The molecule has 108 valence electrons. The summed E-state index contributed by atoms with van der Waals surface area (Å²) >= 11 is 0. The molecule has 1 aliphatic rings. The van der Waals surface area contributed by atoms with E-state index in [1.165, 1.54) is 25.9 Å². The molecule has 0 saturated carbocycles. The summed E-state index contributed by atoms with van der Waals surface area (Å²) in [7, 11) is 0. The van der Waals surface area contributed by atoms with Crippen molar-refractivity contribution in [2.24, 2.45) is 0 Å². The van der Waals surface area contributed by atoms with E-state index < -0.39 is 0 Å². The maximum Gasteiger partial charge on any atom is 0.124 e. The maximum atomic E-state index is 5.55. The topological polar surface area (TPSA) is 41.1 Å². The third-order valence-corrected chi connectivity index (χ3v) is 4.07. The molecule has 20 heavy (non-hydrogen) atoms. The van der Waals surface area contributed by atoms with Gasteiger partial charge in [0.05, 0.1) is 23.7 Å². The SMILES string of the molecule is CCOc1ccc2nc(C(CC)N3CCCC3)[nH]c2c1. The molecule has 2 heterocycles. The molecule has 0 aliphatic carbocycles. The molecule has 1 fully saturated rings. The van der Waals surface area contributed by atoms with Crippen LogP contribution in [0.2, 0.25) is 0 Å². The van der Waals surface area contributed by atoms with Crippen molar-refractivity contribution in [2.45, 2.75) is 39.2 Å². The first kappa shape index (κ1) is 13.4. The highest BCUT2D eigenvalue weighted by Crippen LogP contribution is 2.28. The van der Waals surface area contributed by atoms with Crippen LogP contribution in [0.3, 0.4) is 0 Å². The van der Waals surface area contributed by atoms with E-state index >= 15 is 0 Å². The van der Waals surface area contributed by atoms with E-state index in [0.717, 1.165) is 29.0 Å². The van der Waals surface area contributed by atoms with Gasteiger partial charge in [-0.2, -0.15) is 0 Å². The zero-order valence-electron chi connectivity index (χ0n) is 12.4. The van der Waals surface area contributed by atoms with Gasteiger partial charge in [-0.25, -0.2) is 4.98 Å². The Morgan fingerprint density at radius 2 is 2.10 bits per heavy atom. The normalized spacial score (nSPS) is 17.7. The van der Waals surface area contributed by atoms with Crippen LogP contribution in [0.1, 0.15) is 45.0 Å². The van der Waals surface area contributed by atoms with Crippen LogP contribution < -0.4 is 4.74 Å². The van der Waals surface area contributed by atoms with Crippen LogP contribution in [-0.2, 0) is 0 Å². The van der Waals surface area contributed by atoms with Crippen LogP contribution in [0.25, 0.3) is 11.0 Å². The minimum Gasteiger partial charge on any atom is -0.494 e. The number of aromatic nitrogens is 2. The molecule has 1 aliphatic heterocycles. The van der Waals surface area contributed by atoms with Gasteiger partial charge in [-0.1, -0.05) is 6.92 Å². The van der Waals surface area contributed by atoms with Crippen molar-refractivity contribution in [2.75, 3.05) is 19.7 Å². The van der Waals surface area contributed by atoms with Gasteiger partial charge in [0, 0.05) is 6.07 Å². The lowest BCUT2D eigenvalue weighted by molar-refractivity contribution is 0.231. The van der Waals surface area contributed by atoms with Crippen LogP contribution in [-0.4, -0.2) is 34.6 Å². The number of fused-ring (bicyclic) bond motifs is 1. The zero-order chi connectivity index (χ0) is 13.9. The van der Waals surface area contributed by atoms with Crippen molar-refractivity contribution in [3.8, 4) is 5.75 Å². The minimum atomic E-state index is 0.417. The smallest absolute Gasteiger partial charge is 0.124 e. The van der Waals surface area contributed by atoms with Gasteiger partial charge < -0.3 is 9.72 Å². The highest BCUT2D eigenvalue weighted by atomic mass is 16.5. The summed E-state index contributed by atoms with van der Waals surface area (Å²) in [6.45, 7) is 7.32. The van der Waals surface area contributed by atoms with Crippen molar-refractivity contribution < 1.29 is 4.74 Å². The second-order valence-corrected chi connectivity index (χ2v) is 5.40. The fourth-order valence-corrected chi connectivity index (χ4v) is 3.10. The van der Waals surface area contributed by atoms with E-state index in [2.05, 4.69) is 16.8 Å². The molecule has 0 bridgehead atoms. The Balaban J connectivity index is 1.90. The molecule has 1 aromatic carbocycles. The fraction of sp³-hybridized carbons (Fsp3) is 0.562. The number of aromatic amines is 1. The Morgan fingerprint density at radius 3 is 2.80 bits per heavy atom. The van der Waals surface area contributed by atoms with E-state index in [4.69, 9.17) is 9.72 Å². The average Bonchev–Trinajstić information content (AvgIpc) is 3.09. The van der Waals surface area contributed by atoms with Crippen LogP contribution in [0, 0.1) is 0 Å². The van der Waals surface area contributed by atoms with Gasteiger partial charge in [-0.3, -0.25) is 4.90 Å². The van der Waals surface area contributed by atoms with Crippen LogP contribution in [0.15, 0.2) is 18.2 Å². The second kappa shape index (κ2) is 5.83. The van der Waals surface area contributed by atoms with Gasteiger partial charge in [-0.15, -0.1) is 0 Å². The van der Waals surface area contributed by atoms with Gasteiger partial charge in [0.1, 0.15) is 11.6 Å². The van der Waals surface area contributed by atoms with Crippen LogP contribution in [0.4, 0.5) is 0 Å². The standard InChI is InChI=1S/C16H23N3O/c1-3-15(19-9-5-6-10-19)16-17-13-8-7-12(20-4-2)11-14(13)18-16/h7-8,11,15H,3-6,9-10H2,1-2H3,(H,17,18). The summed E-state index contributed by atoms with van der Waals surface area (Å²) in [4.78, 5) is 10.8.